The van der Waals surface area contributed by atoms with Gasteiger partial charge in [-0.15, -0.1) is 11.3 Å². The Morgan fingerprint density at radius 1 is 1.32 bits per heavy atom. The van der Waals surface area contributed by atoms with Crippen LogP contribution in [0.5, 0.6) is 0 Å². The maximum atomic E-state index is 12.6. The number of aliphatic carboxylic acids is 1. The summed E-state index contributed by atoms with van der Waals surface area (Å²) in [6.45, 7) is 0.245. The van der Waals surface area contributed by atoms with Crippen LogP contribution < -0.4 is 0 Å². The lowest BCUT2D eigenvalue weighted by atomic mass is 10.1. The van der Waals surface area contributed by atoms with E-state index in [0.717, 1.165) is 11.8 Å². The van der Waals surface area contributed by atoms with Crippen molar-refractivity contribution in [3.05, 3.63) is 56.3 Å². The molecule has 0 aliphatic carbocycles. The first-order chi connectivity index (χ1) is 13.4. The summed E-state index contributed by atoms with van der Waals surface area (Å²) in [5.41, 5.74) is 1.19. The molecule has 0 radical (unpaired) electrons. The molecule has 3 rings (SSSR count). The molecule has 1 aromatic carbocycles. The topological polar surface area (TPSA) is 101 Å². The zero-order chi connectivity index (χ0) is 20.3. The van der Waals surface area contributed by atoms with Crippen LogP contribution in [0.4, 0.5) is 5.69 Å². The molecule has 1 saturated heterocycles. The van der Waals surface area contributed by atoms with Gasteiger partial charge in [-0.1, -0.05) is 36.1 Å². The van der Waals surface area contributed by atoms with Gasteiger partial charge in [0.1, 0.15) is 4.32 Å². The molecule has 144 valence electrons. The SMILES string of the molecule is O=C(O)CCCN1C(=O)C(=Cc2ccsc2-c2ccccc2[N+](=O)[O-])SC1=S. The monoisotopic (exact) mass is 434 g/mol. The molecular formula is C18H14N2O5S3. The third-order valence-corrected chi connectivity index (χ3v) is 6.31. The quantitative estimate of drug-likeness (QED) is 0.298. The van der Waals surface area contributed by atoms with E-state index in [2.05, 4.69) is 0 Å². The molecule has 0 atom stereocenters. The van der Waals surface area contributed by atoms with Crippen molar-refractivity contribution in [2.45, 2.75) is 12.8 Å². The van der Waals surface area contributed by atoms with Crippen LogP contribution in [0.25, 0.3) is 16.5 Å². The fourth-order valence-electron chi connectivity index (χ4n) is 2.70. The van der Waals surface area contributed by atoms with E-state index < -0.39 is 10.9 Å². The fourth-order valence-corrected chi connectivity index (χ4v) is 4.91. The number of hydrogen-bond donors (Lipinski definition) is 1. The van der Waals surface area contributed by atoms with E-state index in [1.54, 1.807) is 30.3 Å². The standard InChI is InChI=1S/C18H14N2O5S3/c21-15(22)6-3-8-19-17(23)14(28-18(19)26)10-11-7-9-27-16(11)12-4-1-2-5-13(12)20(24)25/h1-2,4-5,7,9-10H,3,6,8H2,(H,21,22). The number of carboxylic acids is 1. The first-order valence-corrected chi connectivity index (χ1v) is 10.3. The van der Waals surface area contributed by atoms with Gasteiger partial charge in [-0.2, -0.15) is 0 Å². The van der Waals surface area contributed by atoms with E-state index in [9.17, 15) is 19.7 Å². The van der Waals surface area contributed by atoms with E-state index >= 15 is 0 Å². The number of thiophene rings is 1. The van der Waals surface area contributed by atoms with Gasteiger partial charge >= 0.3 is 5.97 Å². The molecule has 7 nitrogen and oxygen atoms in total. The summed E-state index contributed by atoms with van der Waals surface area (Å²) in [7, 11) is 0. The number of nitro benzene ring substituents is 1. The fraction of sp³-hybridized carbons (Fsp3) is 0.167. The van der Waals surface area contributed by atoms with Gasteiger partial charge in [0.25, 0.3) is 11.6 Å². The minimum Gasteiger partial charge on any atom is -0.481 e. The Hall–Kier alpha value is -2.56. The molecule has 1 aliphatic rings. The summed E-state index contributed by atoms with van der Waals surface area (Å²) >= 11 is 7.75. The summed E-state index contributed by atoms with van der Waals surface area (Å²) < 4.78 is 0.379. The molecule has 0 bridgehead atoms. The number of nitro groups is 1. The van der Waals surface area contributed by atoms with Gasteiger partial charge in [0.15, 0.2) is 0 Å². The minimum atomic E-state index is -0.923. The molecule has 2 heterocycles. The predicted molar refractivity (Wildman–Crippen MR) is 113 cm³/mol. The summed E-state index contributed by atoms with van der Waals surface area (Å²) in [5.74, 6) is -1.20. The maximum absolute atomic E-state index is 12.6. The van der Waals surface area contributed by atoms with E-state index in [-0.39, 0.29) is 24.6 Å². The normalized spacial score (nSPS) is 15.4. The van der Waals surface area contributed by atoms with Crippen LogP contribution in [0.3, 0.4) is 0 Å². The molecule has 0 unspecified atom stereocenters. The highest BCUT2D eigenvalue weighted by Crippen LogP contribution is 2.39. The second-order valence-corrected chi connectivity index (χ2v) is 8.40. The van der Waals surface area contributed by atoms with Crippen LogP contribution in [0, 0.1) is 10.1 Å². The Morgan fingerprint density at radius 2 is 2.07 bits per heavy atom. The first kappa shape index (κ1) is 20.2. The number of hydrogen-bond acceptors (Lipinski definition) is 7. The van der Waals surface area contributed by atoms with Crippen molar-refractivity contribution < 1.29 is 19.6 Å². The highest BCUT2D eigenvalue weighted by atomic mass is 32.2. The van der Waals surface area contributed by atoms with Crippen LogP contribution in [0.1, 0.15) is 18.4 Å². The van der Waals surface area contributed by atoms with Gasteiger partial charge in [0, 0.05) is 23.9 Å². The molecule has 1 fully saturated rings. The number of rotatable bonds is 7. The number of carboxylic acid groups (broad SMARTS) is 1. The highest BCUT2D eigenvalue weighted by molar-refractivity contribution is 8.26. The van der Waals surface area contributed by atoms with Crippen LogP contribution in [-0.4, -0.2) is 37.7 Å². The molecule has 28 heavy (non-hydrogen) atoms. The van der Waals surface area contributed by atoms with Crippen molar-refractivity contribution in [3.63, 3.8) is 0 Å². The number of nitrogens with zero attached hydrogens (tertiary/aromatic N) is 2. The molecule has 10 heteroatoms. The summed E-state index contributed by atoms with van der Waals surface area (Å²) in [6, 6.07) is 8.26. The number of carbonyl (C=O) groups is 2. The molecule has 1 N–H and O–H groups in total. The van der Waals surface area contributed by atoms with Crippen molar-refractivity contribution in [1.82, 2.24) is 4.90 Å². The number of thiocarbonyl (C=S) groups is 1. The summed E-state index contributed by atoms with van der Waals surface area (Å²) in [5, 5.41) is 21.9. The lowest BCUT2D eigenvalue weighted by molar-refractivity contribution is -0.384. The lowest BCUT2D eigenvalue weighted by Crippen LogP contribution is -2.29. The first-order valence-electron chi connectivity index (χ1n) is 8.17. The molecule has 1 aliphatic heterocycles. The van der Waals surface area contributed by atoms with Crippen molar-refractivity contribution in [3.8, 4) is 10.4 Å². The van der Waals surface area contributed by atoms with Gasteiger partial charge in [0.2, 0.25) is 0 Å². The van der Waals surface area contributed by atoms with Crippen LogP contribution in [0.15, 0.2) is 40.6 Å². The van der Waals surface area contributed by atoms with Crippen molar-refractivity contribution in [1.29, 1.82) is 0 Å². The average Bonchev–Trinajstić information content (AvgIpc) is 3.21. The van der Waals surface area contributed by atoms with E-state index in [1.165, 1.54) is 22.3 Å². The maximum Gasteiger partial charge on any atom is 0.303 e. The highest BCUT2D eigenvalue weighted by Gasteiger charge is 2.32. The second-order valence-electron chi connectivity index (χ2n) is 5.81. The van der Waals surface area contributed by atoms with Crippen LogP contribution in [-0.2, 0) is 9.59 Å². The van der Waals surface area contributed by atoms with Gasteiger partial charge in [-0.05, 0) is 35.6 Å². The summed E-state index contributed by atoms with van der Waals surface area (Å²) in [4.78, 5) is 36.7. The molecule has 0 spiro atoms. The predicted octanol–water partition coefficient (Wildman–Crippen LogP) is 4.39. The third kappa shape index (κ3) is 4.29. The minimum absolute atomic E-state index is 0.000759. The molecule has 2 aromatic rings. The third-order valence-electron chi connectivity index (χ3n) is 3.97. The number of benzene rings is 1. The van der Waals surface area contributed by atoms with Gasteiger partial charge in [-0.3, -0.25) is 24.6 Å². The zero-order valence-electron chi connectivity index (χ0n) is 14.4. The van der Waals surface area contributed by atoms with Gasteiger partial charge in [-0.25, -0.2) is 0 Å². The number of amides is 1. The van der Waals surface area contributed by atoms with E-state index in [1.807, 2.05) is 5.38 Å². The molecule has 0 saturated carbocycles. The van der Waals surface area contributed by atoms with Crippen molar-refractivity contribution >= 4 is 63.3 Å². The Labute approximate surface area is 173 Å². The van der Waals surface area contributed by atoms with Crippen LogP contribution >= 0.6 is 35.3 Å². The van der Waals surface area contributed by atoms with E-state index in [0.29, 0.717) is 31.7 Å². The number of thioether (sulfide) groups is 1. The Balaban J connectivity index is 1.87. The zero-order valence-corrected chi connectivity index (χ0v) is 16.8. The van der Waals surface area contributed by atoms with Gasteiger partial charge < -0.3 is 5.11 Å². The molecule has 1 aromatic heterocycles. The van der Waals surface area contributed by atoms with Crippen molar-refractivity contribution in [2.75, 3.05) is 6.54 Å². The Bertz CT molecular complexity index is 999. The van der Waals surface area contributed by atoms with Crippen molar-refractivity contribution in [2.24, 2.45) is 0 Å². The van der Waals surface area contributed by atoms with E-state index in [4.69, 9.17) is 17.3 Å². The summed E-state index contributed by atoms with van der Waals surface area (Å²) in [6.07, 6.45) is 1.95. The number of para-hydroxylation sites is 1. The van der Waals surface area contributed by atoms with Crippen LogP contribution in [0.2, 0.25) is 0 Å². The second kappa shape index (κ2) is 8.63. The Morgan fingerprint density at radius 3 is 2.79 bits per heavy atom. The number of carbonyl (C=O) groups excluding carboxylic acids is 1. The molecular weight excluding hydrogens is 420 g/mol. The largest absolute Gasteiger partial charge is 0.481 e. The lowest BCUT2D eigenvalue weighted by Gasteiger charge is -2.13. The Kier molecular flexibility index (Phi) is 6.22. The smallest absolute Gasteiger partial charge is 0.303 e. The van der Waals surface area contributed by atoms with Gasteiger partial charge in [0.05, 0.1) is 15.4 Å². The molecule has 1 amide bonds. The average molecular weight is 435 g/mol.